The summed E-state index contributed by atoms with van der Waals surface area (Å²) in [5, 5.41) is 15.4. The molecule has 4 rings (SSSR count). The molecule has 3 heterocycles. The van der Waals surface area contributed by atoms with Crippen LogP contribution in [-0.2, 0) is 0 Å². The van der Waals surface area contributed by atoms with Crippen molar-refractivity contribution in [2.24, 2.45) is 11.8 Å². The number of hydrogen-bond acceptors (Lipinski definition) is 7. The molecule has 0 amide bonds. The third-order valence-corrected chi connectivity index (χ3v) is 6.61. The number of thiazole rings is 1. The number of nitrogens with zero attached hydrogens (tertiary/aromatic N) is 4. The highest BCUT2D eigenvalue weighted by Gasteiger charge is 2.34. The number of aromatic hydroxyl groups is 1. The van der Waals surface area contributed by atoms with E-state index in [1.807, 2.05) is 19.1 Å². The Morgan fingerprint density at radius 3 is 2.45 bits per heavy atom. The van der Waals surface area contributed by atoms with E-state index < -0.39 is 0 Å². The highest BCUT2D eigenvalue weighted by atomic mass is 32.1. The zero-order valence-corrected chi connectivity index (χ0v) is 18.4. The molecular weight excluding hydrogens is 388 g/mol. The lowest BCUT2D eigenvalue weighted by atomic mass is 9.89. The number of aromatic nitrogens is 3. The minimum atomic E-state index is -0.103. The molecule has 29 heavy (non-hydrogen) atoms. The van der Waals surface area contributed by atoms with E-state index in [2.05, 4.69) is 34.9 Å². The van der Waals surface area contributed by atoms with Crippen LogP contribution in [0.2, 0.25) is 0 Å². The Bertz CT molecular complexity index is 1000. The maximum absolute atomic E-state index is 11.0. The third kappa shape index (κ3) is 3.67. The van der Waals surface area contributed by atoms with Gasteiger partial charge in [-0.2, -0.15) is 4.52 Å². The van der Waals surface area contributed by atoms with Crippen molar-refractivity contribution in [2.45, 2.75) is 33.2 Å². The highest BCUT2D eigenvalue weighted by Crippen LogP contribution is 2.43. The summed E-state index contributed by atoms with van der Waals surface area (Å²) in [5.41, 5.74) is 1.06. The first-order valence-electron chi connectivity index (χ1n) is 9.92. The quantitative estimate of drug-likeness (QED) is 0.680. The summed E-state index contributed by atoms with van der Waals surface area (Å²) in [4.78, 5) is 8.47. The molecule has 1 aliphatic rings. The Morgan fingerprint density at radius 2 is 1.83 bits per heavy atom. The Labute approximate surface area is 174 Å². The maximum atomic E-state index is 11.0. The Morgan fingerprint density at radius 1 is 1.14 bits per heavy atom. The van der Waals surface area contributed by atoms with Crippen molar-refractivity contribution >= 4 is 16.3 Å². The van der Waals surface area contributed by atoms with Gasteiger partial charge in [0.15, 0.2) is 11.5 Å². The van der Waals surface area contributed by atoms with Crippen LogP contribution in [-0.4, -0.2) is 51.9 Å². The summed E-state index contributed by atoms with van der Waals surface area (Å²) in [7, 11) is 3.28. The fourth-order valence-electron chi connectivity index (χ4n) is 4.50. The van der Waals surface area contributed by atoms with Gasteiger partial charge in [-0.1, -0.05) is 31.3 Å². The molecule has 1 aromatic carbocycles. The minimum Gasteiger partial charge on any atom is -0.493 e. The van der Waals surface area contributed by atoms with Gasteiger partial charge in [0.25, 0.3) is 0 Å². The number of benzene rings is 1. The lowest BCUT2D eigenvalue weighted by Gasteiger charge is -2.40. The van der Waals surface area contributed by atoms with Crippen LogP contribution in [0.3, 0.4) is 0 Å². The largest absolute Gasteiger partial charge is 0.493 e. The molecule has 0 unspecified atom stereocenters. The molecule has 1 fully saturated rings. The fraction of sp³-hybridized carbons (Fsp3) is 0.524. The first-order valence-corrected chi connectivity index (χ1v) is 10.7. The molecule has 0 radical (unpaired) electrons. The van der Waals surface area contributed by atoms with Gasteiger partial charge in [-0.05, 0) is 42.9 Å². The Balaban J connectivity index is 1.85. The van der Waals surface area contributed by atoms with Gasteiger partial charge >= 0.3 is 0 Å². The first kappa shape index (κ1) is 20.0. The number of methoxy groups -OCH3 is 2. The predicted molar refractivity (Wildman–Crippen MR) is 113 cm³/mol. The molecule has 0 saturated carbocycles. The molecule has 2 aromatic heterocycles. The van der Waals surface area contributed by atoms with Gasteiger partial charge in [0.1, 0.15) is 5.82 Å². The second kappa shape index (κ2) is 7.84. The zero-order chi connectivity index (χ0) is 20.7. The normalized spacial score (nSPS) is 21.4. The van der Waals surface area contributed by atoms with E-state index in [4.69, 9.17) is 9.47 Å². The van der Waals surface area contributed by atoms with Crippen molar-refractivity contribution in [2.75, 3.05) is 27.3 Å². The molecule has 7 nitrogen and oxygen atoms in total. The smallest absolute Gasteiger partial charge is 0.230 e. The number of likely N-dealkylation sites (tertiary alicyclic amines) is 1. The maximum Gasteiger partial charge on any atom is 0.230 e. The second-order valence-electron chi connectivity index (χ2n) is 8.06. The van der Waals surface area contributed by atoms with Crippen LogP contribution in [0, 0.1) is 18.8 Å². The molecule has 156 valence electrons. The van der Waals surface area contributed by atoms with Gasteiger partial charge in [0.2, 0.25) is 10.8 Å². The molecule has 0 spiro atoms. The molecule has 3 aromatic rings. The summed E-state index contributed by atoms with van der Waals surface area (Å²) >= 11 is 1.49. The van der Waals surface area contributed by atoms with Crippen LogP contribution >= 0.6 is 11.3 Å². The van der Waals surface area contributed by atoms with Crippen LogP contribution in [0.15, 0.2) is 18.2 Å². The number of piperidine rings is 1. The number of fused-ring (bicyclic) bond motifs is 1. The van der Waals surface area contributed by atoms with E-state index in [9.17, 15) is 5.11 Å². The van der Waals surface area contributed by atoms with Crippen LogP contribution in [0.4, 0.5) is 0 Å². The summed E-state index contributed by atoms with van der Waals surface area (Å²) in [6, 6.07) is 5.88. The average molecular weight is 417 g/mol. The summed E-state index contributed by atoms with van der Waals surface area (Å²) in [6.07, 6.45) is 1.22. The average Bonchev–Trinajstić information content (AvgIpc) is 3.18. The van der Waals surface area contributed by atoms with Crippen molar-refractivity contribution in [1.82, 2.24) is 19.5 Å². The predicted octanol–water partition coefficient (Wildman–Crippen LogP) is 3.89. The van der Waals surface area contributed by atoms with Crippen molar-refractivity contribution in [1.29, 1.82) is 0 Å². The Kier molecular flexibility index (Phi) is 5.40. The fourth-order valence-corrected chi connectivity index (χ4v) is 5.66. The molecule has 0 aliphatic carbocycles. The van der Waals surface area contributed by atoms with E-state index in [-0.39, 0.29) is 11.9 Å². The van der Waals surface area contributed by atoms with E-state index in [0.717, 1.165) is 23.5 Å². The summed E-state index contributed by atoms with van der Waals surface area (Å²) in [5.74, 6) is 3.37. The van der Waals surface area contributed by atoms with Gasteiger partial charge in [-0.15, -0.1) is 5.10 Å². The van der Waals surface area contributed by atoms with E-state index in [1.54, 1.807) is 18.7 Å². The monoisotopic (exact) mass is 416 g/mol. The zero-order valence-electron chi connectivity index (χ0n) is 17.5. The topological polar surface area (TPSA) is 72.1 Å². The van der Waals surface area contributed by atoms with Crippen molar-refractivity contribution in [3.8, 4) is 17.4 Å². The van der Waals surface area contributed by atoms with Crippen LogP contribution in [0.1, 0.15) is 42.6 Å². The Hall–Kier alpha value is -2.32. The minimum absolute atomic E-state index is 0.103. The van der Waals surface area contributed by atoms with Crippen molar-refractivity contribution < 1.29 is 14.6 Å². The number of hydrogen-bond donors (Lipinski definition) is 1. The lowest BCUT2D eigenvalue weighted by Crippen LogP contribution is -2.41. The highest BCUT2D eigenvalue weighted by molar-refractivity contribution is 7.17. The lowest BCUT2D eigenvalue weighted by molar-refractivity contribution is 0.111. The van der Waals surface area contributed by atoms with E-state index in [0.29, 0.717) is 34.1 Å². The SMILES string of the molecule is COc1ccc([C@H](c2sc3nc(C)nn3c2O)N2C[C@H](C)C[C@@H](C)C2)cc1OC. The molecule has 0 bridgehead atoms. The van der Waals surface area contributed by atoms with Gasteiger partial charge in [-0.3, -0.25) is 4.90 Å². The van der Waals surface area contributed by atoms with Gasteiger partial charge in [-0.25, -0.2) is 4.98 Å². The van der Waals surface area contributed by atoms with E-state index >= 15 is 0 Å². The van der Waals surface area contributed by atoms with Gasteiger partial charge < -0.3 is 14.6 Å². The van der Waals surface area contributed by atoms with Gasteiger partial charge in [0, 0.05) is 13.1 Å². The van der Waals surface area contributed by atoms with Crippen LogP contribution in [0.25, 0.3) is 4.96 Å². The molecule has 1 aliphatic heterocycles. The van der Waals surface area contributed by atoms with Crippen LogP contribution in [0.5, 0.6) is 17.4 Å². The second-order valence-corrected chi connectivity index (χ2v) is 9.07. The molecule has 1 saturated heterocycles. The first-order chi connectivity index (χ1) is 13.9. The van der Waals surface area contributed by atoms with Crippen LogP contribution < -0.4 is 9.47 Å². The standard InChI is InChI=1S/C21H28N4O3S/c1-12-8-13(2)11-24(10-12)18(15-6-7-16(27-4)17(9-15)28-5)19-20(26)25-21(29-19)22-14(3)23-25/h6-7,9,12-13,18,26H,8,10-11H2,1-5H3/t12-,13-,18-/m1/s1. The van der Waals surface area contributed by atoms with E-state index in [1.165, 1.54) is 17.8 Å². The van der Waals surface area contributed by atoms with Gasteiger partial charge in [0.05, 0.1) is 25.1 Å². The summed E-state index contributed by atoms with van der Waals surface area (Å²) < 4.78 is 12.5. The molecular formula is C21H28N4O3S. The molecule has 1 N–H and O–H groups in total. The number of rotatable bonds is 5. The summed E-state index contributed by atoms with van der Waals surface area (Å²) in [6.45, 7) is 8.35. The molecule has 8 heteroatoms. The number of aryl methyl sites for hydroxylation is 1. The van der Waals surface area contributed by atoms with Crippen molar-refractivity contribution in [3.63, 3.8) is 0 Å². The van der Waals surface area contributed by atoms with Crippen molar-refractivity contribution in [3.05, 3.63) is 34.5 Å². The third-order valence-electron chi connectivity index (χ3n) is 5.54. The number of ether oxygens (including phenoxy) is 2. The molecule has 3 atom stereocenters.